The lowest BCUT2D eigenvalue weighted by molar-refractivity contribution is -0.137. The minimum Gasteiger partial charge on any atom is -0.495 e. The van der Waals surface area contributed by atoms with Gasteiger partial charge in [0.1, 0.15) is 11.5 Å². The van der Waals surface area contributed by atoms with Crippen molar-refractivity contribution in [1.82, 2.24) is 0 Å². The van der Waals surface area contributed by atoms with Crippen molar-refractivity contribution >= 4 is 46.8 Å². The van der Waals surface area contributed by atoms with E-state index in [2.05, 4.69) is 5.32 Å². The first-order valence-electron chi connectivity index (χ1n) is 10.3. The van der Waals surface area contributed by atoms with Gasteiger partial charge >= 0.3 is 5.97 Å². The number of rotatable bonds is 8. The predicted octanol–water partition coefficient (Wildman–Crippen LogP) is 3.93. The molecule has 0 saturated carbocycles. The highest BCUT2D eigenvalue weighted by Crippen LogP contribution is 2.40. The third-order valence-corrected chi connectivity index (χ3v) is 5.41. The molecule has 8 nitrogen and oxygen atoms in total. The molecule has 1 N–H and O–H groups in total. The summed E-state index contributed by atoms with van der Waals surface area (Å²) in [5, 5.41) is 3.18. The van der Waals surface area contributed by atoms with E-state index in [1.807, 2.05) is 0 Å². The van der Waals surface area contributed by atoms with Gasteiger partial charge in [0.15, 0.2) is 0 Å². The van der Waals surface area contributed by atoms with Crippen LogP contribution in [0, 0.1) is 5.92 Å². The average molecular weight is 473 g/mol. The molecule has 3 rings (SSSR count). The quantitative estimate of drug-likeness (QED) is 0.462. The smallest absolute Gasteiger partial charge is 0.330 e. The van der Waals surface area contributed by atoms with Crippen LogP contribution in [0.5, 0.6) is 11.5 Å². The molecule has 0 radical (unpaired) electrons. The van der Waals surface area contributed by atoms with Crippen LogP contribution < -0.4 is 19.7 Å². The van der Waals surface area contributed by atoms with E-state index in [0.717, 1.165) is 5.56 Å². The van der Waals surface area contributed by atoms with E-state index in [9.17, 15) is 14.4 Å². The second-order valence-electron chi connectivity index (χ2n) is 7.26. The van der Waals surface area contributed by atoms with Crippen molar-refractivity contribution in [2.24, 2.45) is 5.92 Å². The Balaban J connectivity index is 1.66. The van der Waals surface area contributed by atoms with Crippen LogP contribution in [-0.2, 0) is 19.1 Å². The molecule has 0 bridgehead atoms. The zero-order chi connectivity index (χ0) is 24.0. The van der Waals surface area contributed by atoms with Gasteiger partial charge in [-0.3, -0.25) is 9.59 Å². The number of hydrogen-bond acceptors (Lipinski definition) is 6. The molecule has 1 fully saturated rings. The zero-order valence-corrected chi connectivity index (χ0v) is 19.3. The number of anilines is 2. The minimum absolute atomic E-state index is 0.0684. The van der Waals surface area contributed by atoms with Gasteiger partial charge in [-0.15, -0.1) is 0 Å². The topological polar surface area (TPSA) is 94.2 Å². The number of methoxy groups -OCH3 is 2. The molecule has 0 spiro atoms. The summed E-state index contributed by atoms with van der Waals surface area (Å²) in [4.78, 5) is 38.4. The van der Waals surface area contributed by atoms with E-state index < -0.39 is 11.9 Å². The second kappa shape index (κ2) is 10.9. The van der Waals surface area contributed by atoms with Crippen molar-refractivity contribution in [3.05, 3.63) is 53.1 Å². The Morgan fingerprint density at radius 3 is 2.48 bits per heavy atom. The van der Waals surface area contributed by atoms with Crippen LogP contribution in [0.15, 0.2) is 42.5 Å². The Morgan fingerprint density at radius 2 is 1.85 bits per heavy atom. The van der Waals surface area contributed by atoms with Crippen LogP contribution in [0.3, 0.4) is 0 Å². The van der Waals surface area contributed by atoms with Crippen LogP contribution in [0.1, 0.15) is 18.9 Å². The fourth-order valence-electron chi connectivity index (χ4n) is 3.45. The molecule has 2 amide bonds. The molecular formula is C24H25ClN2O6. The number of carbonyl (C=O) groups is 3. The van der Waals surface area contributed by atoms with Gasteiger partial charge in [-0.25, -0.2) is 4.79 Å². The van der Waals surface area contributed by atoms with Crippen molar-refractivity contribution in [3.63, 3.8) is 0 Å². The first-order chi connectivity index (χ1) is 15.9. The molecule has 1 aliphatic heterocycles. The van der Waals surface area contributed by atoms with Gasteiger partial charge in [0.2, 0.25) is 11.8 Å². The van der Waals surface area contributed by atoms with E-state index in [4.69, 9.17) is 25.8 Å². The summed E-state index contributed by atoms with van der Waals surface area (Å²) in [6, 6.07) is 10.2. The Morgan fingerprint density at radius 1 is 1.15 bits per heavy atom. The fourth-order valence-corrected chi connectivity index (χ4v) is 3.68. The number of amides is 2. The SMILES string of the molecule is CCOC(=O)/C=C/c1ccc(NC(=O)C2CC(=O)N(c3cc(Cl)c(OC)cc3OC)C2)cc1. The fraction of sp³-hybridized carbons (Fsp3) is 0.292. The van der Waals surface area contributed by atoms with Gasteiger partial charge in [-0.05, 0) is 36.8 Å². The molecule has 1 aliphatic rings. The number of nitrogens with one attached hydrogen (secondary N) is 1. The third-order valence-electron chi connectivity index (χ3n) is 5.12. The molecule has 9 heteroatoms. The van der Waals surface area contributed by atoms with Gasteiger partial charge < -0.3 is 24.4 Å². The average Bonchev–Trinajstić information content (AvgIpc) is 3.20. The van der Waals surface area contributed by atoms with Gasteiger partial charge in [-0.1, -0.05) is 23.7 Å². The first-order valence-corrected chi connectivity index (χ1v) is 10.7. The number of nitrogens with zero attached hydrogens (tertiary/aromatic N) is 1. The number of halogens is 1. The Kier molecular flexibility index (Phi) is 7.95. The van der Waals surface area contributed by atoms with Crippen molar-refractivity contribution < 1.29 is 28.6 Å². The van der Waals surface area contributed by atoms with Crippen molar-refractivity contribution in [1.29, 1.82) is 0 Å². The van der Waals surface area contributed by atoms with Crippen LogP contribution in [0.25, 0.3) is 6.08 Å². The number of carbonyl (C=O) groups excluding carboxylic acids is 3. The van der Waals surface area contributed by atoms with E-state index in [-0.39, 0.29) is 24.8 Å². The number of esters is 1. The van der Waals surface area contributed by atoms with Crippen LogP contribution in [0.4, 0.5) is 11.4 Å². The molecule has 1 atom stereocenters. The third kappa shape index (κ3) is 5.84. The number of ether oxygens (including phenoxy) is 3. The maximum absolute atomic E-state index is 12.8. The molecule has 0 aliphatic carbocycles. The molecule has 1 heterocycles. The van der Waals surface area contributed by atoms with Gasteiger partial charge in [0, 0.05) is 30.8 Å². The predicted molar refractivity (Wildman–Crippen MR) is 126 cm³/mol. The monoisotopic (exact) mass is 472 g/mol. The molecular weight excluding hydrogens is 448 g/mol. The first kappa shape index (κ1) is 24.1. The molecule has 0 aromatic heterocycles. The zero-order valence-electron chi connectivity index (χ0n) is 18.6. The highest BCUT2D eigenvalue weighted by atomic mass is 35.5. The van der Waals surface area contributed by atoms with Crippen molar-refractivity contribution in [2.75, 3.05) is 37.6 Å². The summed E-state index contributed by atoms with van der Waals surface area (Å²) in [6.07, 6.45) is 3.04. The Hall–Kier alpha value is -3.52. The standard InChI is InChI=1S/C24H25ClN2O6/c1-4-33-23(29)10-7-15-5-8-17(9-6-15)26-24(30)16-11-22(28)27(14-16)19-12-18(25)20(31-2)13-21(19)32-3/h5-10,12-13,16H,4,11,14H2,1-3H3,(H,26,30)/b10-7+. The summed E-state index contributed by atoms with van der Waals surface area (Å²) in [7, 11) is 2.98. The number of benzene rings is 2. The molecule has 2 aromatic carbocycles. The lowest BCUT2D eigenvalue weighted by atomic mass is 10.1. The molecule has 1 unspecified atom stereocenters. The highest BCUT2D eigenvalue weighted by Gasteiger charge is 2.36. The molecule has 2 aromatic rings. The van der Waals surface area contributed by atoms with E-state index >= 15 is 0 Å². The van der Waals surface area contributed by atoms with E-state index in [1.165, 1.54) is 25.2 Å². The summed E-state index contributed by atoms with van der Waals surface area (Å²) >= 11 is 6.23. The number of hydrogen-bond donors (Lipinski definition) is 1. The van der Waals surface area contributed by atoms with E-state index in [0.29, 0.717) is 34.5 Å². The summed E-state index contributed by atoms with van der Waals surface area (Å²) in [5.74, 6) is -0.559. The van der Waals surface area contributed by atoms with Crippen LogP contribution in [0.2, 0.25) is 5.02 Å². The lowest BCUT2D eigenvalue weighted by Crippen LogP contribution is -2.28. The Labute approximate surface area is 197 Å². The minimum atomic E-state index is -0.536. The van der Waals surface area contributed by atoms with Gasteiger partial charge in [-0.2, -0.15) is 0 Å². The molecule has 1 saturated heterocycles. The summed E-state index contributed by atoms with van der Waals surface area (Å²) in [5.41, 5.74) is 1.86. The van der Waals surface area contributed by atoms with Gasteiger partial charge in [0.05, 0.1) is 37.5 Å². The van der Waals surface area contributed by atoms with Crippen molar-refractivity contribution in [3.8, 4) is 11.5 Å². The summed E-state index contributed by atoms with van der Waals surface area (Å²) in [6.45, 7) is 2.25. The normalized spacial score (nSPS) is 15.6. The van der Waals surface area contributed by atoms with Crippen molar-refractivity contribution in [2.45, 2.75) is 13.3 Å². The lowest BCUT2D eigenvalue weighted by Gasteiger charge is -2.21. The van der Waals surface area contributed by atoms with Gasteiger partial charge in [0.25, 0.3) is 0 Å². The highest BCUT2D eigenvalue weighted by molar-refractivity contribution is 6.32. The largest absolute Gasteiger partial charge is 0.495 e. The molecule has 33 heavy (non-hydrogen) atoms. The summed E-state index contributed by atoms with van der Waals surface area (Å²) < 4.78 is 15.4. The Bertz CT molecular complexity index is 1070. The van der Waals surface area contributed by atoms with Crippen LogP contribution >= 0.6 is 11.6 Å². The van der Waals surface area contributed by atoms with E-state index in [1.54, 1.807) is 49.4 Å². The maximum Gasteiger partial charge on any atom is 0.330 e. The van der Waals surface area contributed by atoms with Crippen LogP contribution in [-0.4, -0.2) is 45.2 Å². The second-order valence-corrected chi connectivity index (χ2v) is 7.67. The molecule has 174 valence electrons. The maximum atomic E-state index is 12.8.